The van der Waals surface area contributed by atoms with Crippen molar-refractivity contribution in [2.24, 2.45) is 10.2 Å². The van der Waals surface area contributed by atoms with E-state index in [0.29, 0.717) is 27.2 Å². The second-order valence-electron chi connectivity index (χ2n) is 6.04. The van der Waals surface area contributed by atoms with Crippen molar-refractivity contribution in [3.63, 3.8) is 0 Å². The van der Waals surface area contributed by atoms with Crippen LogP contribution in [0.5, 0.6) is 0 Å². The molecule has 2 aliphatic heterocycles. The number of amidine groups is 1. The van der Waals surface area contributed by atoms with Gasteiger partial charge < -0.3 is 0 Å². The maximum atomic E-state index is 13.8. The lowest BCUT2D eigenvalue weighted by molar-refractivity contribution is -0.138. The van der Waals surface area contributed by atoms with Crippen molar-refractivity contribution in [2.45, 2.75) is 11.4 Å². The fraction of sp³-hybridized carbons (Fsp3) is 0.167. The summed E-state index contributed by atoms with van der Waals surface area (Å²) in [5.41, 5.74) is 1.63. The van der Waals surface area contributed by atoms with E-state index in [1.807, 2.05) is 12.1 Å². The number of rotatable bonds is 2. The molecule has 28 heavy (non-hydrogen) atoms. The molecule has 1 saturated heterocycles. The molecule has 2 atom stereocenters. The molecule has 1 fully saturated rings. The van der Waals surface area contributed by atoms with E-state index in [-0.39, 0.29) is 16.0 Å². The van der Waals surface area contributed by atoms with Crippen LogP contribution in [0.1, 0.15) is 17.2 Å². The Balaban J connectivity index is 1.65. The highest BCUT2D eigenvalue weighted by atomic mass is 35.5. The number of hydrogen-bond acceptors (Lipinski definition) is 4. The van der Waals surface area contributed by atoms with Crippen LogP contribution in [0.4, 0.5) is 4.39 Å². The molecule has 1 amide bonds. The zero-order valence-corrected chi connectivity index (χ0v) is 17.7. The molecular weight excluding hydrogens is 467 g/mol. The number of nitrogens with zero attached hydrogens (tertiary/aromatic N) is 3. The number of hydrogen-bond donors (Lipinski definition) is 0. The Morgan fingerprint density at radius 3 is 2.50 bits per heavy atom. The number of benzene rings is 2. The quantitative estimate of drug-likeness (QED) is 0.313. The molecule has 0 N–H and O–H groups in total. The fourth-order valence-electron chi connectivity index (χ4n) is 2.97. The number of halogens is 5. The lowest BCUT2D eigenvalue weighted by Gasteiger charge is -2.44. The molecule has 10 heteroatoms. The van der Waals surface area contributed by atoms with Gasteiger partial charge in [-0.25, -0.2) is 4.39 Å². The van der Waals surface area contributed by atoms with E-state index in [2.05, 4.69) is 10.2 Å². The van der Waals surface area contributed by atoms with Gasteiger partial charge in [0.25, 0.3) is 0 Å². The van der Waals surface area contributed by atoms with E-state index in [1.54, 1.807) is 12.1 Å². The van der Waals surface area contributed by atoms with Gasteiger partial charge in [-0.15, -0.1) is 16.7 Å². The van der Waals surface area contributed by atoms with E-state index >= 15 is 0 Å². The average molecular weight is 477 g/mol. The average Bonchev–Trinajstić information content (AvgIpc) is 2.69. The van der Waals surface area contributed by atoms with Crippen molar-refractivity contribution in [3.8, 4) is 0 Å². The molecule has 0 bridgehead atoms. The third kappa shape index (κ3) is 3.42. The van der Waals surface area contributed by atoms with Crippen molar-refractivity contribution in [2.75, 3.05) is 5.75 Å². The molecular formula is C18H10Cl4FN3OS. The largest absolute Gasteiger partial charge is 0.279 e. The first-order valence-corrected chi connectivity index (χ1v) is 10.6. The van der Waals surface area contributed by atoms with Crippen LogP contribution >= 0.6 is 58.2 Å². The molecule has 2 heterocycles. The maximum Gasteiger partial charge on any atom is 0.249 e. The summed E-state index contributed by atoms with van der Waals surface area (Å²) in [5, 5.41) is 8.70. The first-order valence-electron chi connectivity index (χ1n) is 8.02. The molecule has 2 aromatic rings. The Labute approximate surface area is 184 Å². The summed E-state index contributed by atoms with van der Waals surface area (Å²) in [4.78, 5) is 13.8. The number of thioether (sulfide) groups is 1. The van der Waals surface area contributed by atoms with Crippen molar-refractivity contribution < 1.29 is 9.18 Å². The van der Waals surface area contributed by atoms with Crippen LogP contribution in [0.25, 0.3) is 0 Å². The molecule has 4 rings (SSSR count). The topological polar surface area (TPSA) is 45.0 Å². The number of carbonyl (C=O) groups is 1. The van der Waals surface area contributed by atoms with Gasteiger partial charge in [-0.05, 0) is 23.8 Å². The minimum atomic E-state index is -0.728. The molecule has 2 unspecified atom stereocenters. The van der Waals surface area contributed by atoms with Crippen molar-refractivity contribution in [1.29, 1.82) is 0 Å². The molecule has 144 valence electrons. The summed E-state index contributed by atoms with van der Waals surface area (Å²) in [6.45, 7) is 0. The zero-order valence-electron chi connectivity index (χ0n) is 13.9. The lowest BCUT2D eigenvalue weighted by atomic mass is 9.94. The highest BCUT2D eigenvalue weighted by Gasteiger charge is 2.50. The second kappa shape index (κ2) is 7.84. The minimum Gasteiger partial charge on any atom is -0.279 e. The molecule has 4 nitrogen and oxygen atoms in total. The number of amides is 1. The Hall–Kier alpha value is -1.31. The van der Waals surface area contributed by atoms with E-state index < -0.39 is 17.2 Å². The van der Waals surface area contributed by atoms with Crippen molar-refractivity contribution in [3.05, 3.63) is 68.4 Å². The van der Waals surface area contributed by atoms with Gasteiger partial charge in [-0.2, -0.15) is 5.10 Å². The van der Waals surface area contributed by atoms with Crippen LogP contribution in [0.3, 0.4) is 0 Å². The Kier molecular flexibility index (Phi) is 5.60. The number of likely N-dealkylation sites (tertiary alicyclic amines) is 1. The van der Waals surface area contributed by atoms with Gasteiger partial charge in [-0.1, -0.05) is 64.8 Å². The van der Waals surface area contributed by atoms with Crippen molar-refractivity contribution in [1.82, 2.24) is 4.90 Å². The summed E-state index contributed by atoms with van der Waals surface area (Å²) in [6, 6.07) is 9.31. The highest BCUT2D eigenvalue weighted by molar-refractivity contribution is 8.14. The zero-order chi connectivity index (χ0) is 20.0. The summed E-state index contributed by atoms with van der Waals surface area (Å²) >= 11 is 25.7. The van der Waals surface area contributed by atoms with Gasteiger partial charge in [0.2, 0.25) is 5.91 Å². The van der Waals surface area contributed by atoms with E-state index in [1.165, 1.54) is 28.8 Å². The first-order chi connectivity index (χ1) is 13.4. The van der Waals surface area contributed by atoms with Crippen molar-refractivity contribution >= 4 is 75.0 Å². The summed E-state index contributed by atoms with van der Waals surface area (Å²) in [6.07, 6.45) is 0. The molecule has 0 saturated carbocycles. The third-order valence-electron chi connectivity index (χ3n) is 4.37. The minimum absolute atomic E-state index is 0.0658. The van der Waals surface area contributed by atoms with Gasteiger partial charge in [-0.3, -0.25) is 9.69 Å². The Morgan fingerprint density at radius 2 is 1.82 bits per heavy atom. The summed E-state index contributed by atoms with van der Waals surface area (Å²) < 4.78 is 13.8. The molecule has 0 aromatic heterocycles. The summed E-state index contributed by atoms with van der Waals surface area (Å²) in [5.74, 6) is -0.511. The normalized spacial score (nSPS) is 21.9. The molecule has 2 aliphatic rings. The first kappa shape index (κ1) is 20.0. The maximum absolute atomic E-state index is 13.8. The third-order valence-corrected chi connectivity index (χ3v) is 6.70. The molecule has 0 radical (unpaired) electrons. The number of β-lactam (4-membered cyclic amide) rings is 1. The van der Waals surface area contributed by atoms with Gasteiger partial charge in [0.05, 0.1) is 21.8 Å². The SMILES string of the molecule is O=C1C(Cl)C(c2ccccc2Cl)N1C1=NN=C(c2cc(F)c(Cl)cc2Cl)CS1. The monoisotopic (exact) mass is 475 g/mol. The molecule has 0 spiro atoms. The fourth-order valence-corrected chi connectivity index (χ4v) is 4.98. The predicted molar refractivity (Wildman–Crippen MR) is 114 cm³/mol. The Morgan fingerprint density at radius 1 is 1.07 bits per heavy atom. The Bertz CT molecular complexity index is 1050. The van der Waals surface area contributed by atoms with Gasteiger partial charge in [0.1, 0.15) is 11.2 Å². The standard InChI is InChI=1S/C18H10Cl4FN3OS/c19-10-4-2-1-3-8(10)16-15(22)17(27)26(16)18-25-24-14(7-28-18)9-5-13(23)12(21)6-11(9)20/h1-6,15-16H,7H2. The second-order valence-corrected chi connectivity index (χ2v) is 8.67. The lowest BCUT2D eigenvalue weighted by Crippen LogP contribution is -2.58. The number of carbonyl (C=O) groups excluding carboxylic acids is 1. The molecule has 0 aliphatic carbocycles. The van der Waals surface area contributed by atoms with E-state index in [9.17, 15) is 9.18 Å². The van der Waals surface area contributed by atoms with Crippen LogP contribution < -0.4 is 0 Å². The van der Waals surface area contributed by atoms with Crippen LogP contribution in [-0.2, 0) is 4.79 Å². The van der Waals surface area contributed by atoms with Crippen LogP contribution in [0.15, 0.2) is 46.6 Å². The molecule has 2 aromatic carbocycles. The summed E-state index contributed by atoms with van der Waals surface area (Å²) in [7, 11) is 0. The van der Waals surface area contributed by atoms with Gasteiger partial charge >= 0.3 is 0 Å². The van der Waals surface area contributed by atoms with Gasteiger partial charge in [0.15, 0.2) is 5.17 Å². The van der Waals surface area contributed by atoms with Crippen LogP contribution in [-0.4, -0.2) is 32.8 Å². The predicted octanol–water partition coefficient (Wildman–Crippen LogP) is 5.78. The van der Waals surface area contributed by atoms with Crippen LogP contribution in [0.2, 0.25) is 15.1 Å². The highest BCUT2D eigenvalue weighted by Crippen LogP contribution is 2.43. The van der Waals surface area contributed by atoms with Crippen LogP contribution in [0, 0.1) is 5.82 Å². The van der Waals surface area contributed by atoms with E-state index in [4.69, 9.17) is 46.4 Å². The van der Waals surface area contributed by atoms with Gasteiger partial charge in [0, 0.05) is 16.3 Å². The number of alkyl halides is 1. The van der Waals surface area contributed by atoms with E-state index in [0.717, 1.165) is 5.56 Å². The smallest absolute Gasteiger partial charge is 0.249 e.